The fourth-order valence-corrected chi connectivity index (χ4v) is 3.13. The molecule has 24 heavy (non-hydrogen) atoms. The van der Waals surface area contributed by atoms with Gasteiger partial charge in [-0.2, -0.15) is 0 Å². The van der Waals surface area contributed by atoms with Crippen LogP contribution in [0.1, 0.15) is 39.7 Å². The van der Waals surface area contributed by atoms with E-state index in [0.717, 1.165) is 22.1 Å². The smallest absolute Gasteiger partial charge is 0.250 e. The number of carbonyl (C=O) groups excluding carboxylic acids is 1. The van der Waals surface area contributed by atoms with Crippen molar-refractivity contribution in [3.8, 4) is 0 Å². The van der Waals surface area contributed by atoms with E-state index in [-0.39, 0.29) is 17.6 Å². The van der Waals surface area contributed by atoms with E-state index >= 15 is 0 Å². The standard InChI is InChI=1S/C18H30BrNO3Si/c1-7-10-22-13-17(21)20-16-9-8-15(19)11-14(16)12-23-24(5,6)18(2,3)4/h8-9,11H,7,10,12-13H2,1-6H3,(H,20,21). The van der Waals surface area contributed by atoms with E-state index in [1.54, 1.807) is 0 Å². The van der Waals surface area contributed by atoms with Gasteiger partial charge in [-0.15, -0.1) is 0 Å². The van der Waals surface area contributed by atoms with E-state index in [2.05, 4.69) is 55.1 Å². The van der Waals surface area contributed by atoms with Gasteiger partial charge in [0.25, 0.3) is 0 Å². The minimum absolute atomic E-state index is 0.0758. The van der Waals surface area contributed by atoms with Crippen LogP contribution in [-0.4, -0.2) is 27.4 Å². The Bertz CT molecular complexity index is 556. The first-order valence-electron chi connectivity index (χ1n) is 8.37. The van der Waals surface area contributed by atoms with Gasteiger partial charge in [-0.05, 0) is 42.8 Å². The predicted molar refractivity (Wildman–Crippen MR) is 106 cm³/mol. The normalized spacial score (nSPS) is 12.3. The van der Waals surface area contributed by atoms with Crippen molar-refractivity contribution in [1.82, 2.24) is 0 Å². The number of rotatable bonds is 8. The molecule has 0 aromatic heterocycles. The number of carbonyl (C=O) groups is 1. The van der Waals surface area contributed by atoms with Gasteiger partial charge >= 0.3 is 0 Å². The molecule has 0 radical (unpaired) electrons. The van der Waals surface area contributed by atoms with Crippen LogP contribution in [0.25, 0.3) is 0 Å². The summed E-state index contributed by atoms with van der Waals surface area (Å²) < 4.78 is 12.6. The molecule has 4 nitrogen and oxygen atoms in total. The van der Waals surface area contributed by atoms with Crippen LogP contribution in [0.5, 0.6) is 0 Å². The van der Waals surface area contributed by atoms with Crippen molar-refractivity contribution in [3.05, 3.63) is 28.2 Å². The monoisotopic (exact) mass is 415 g/mol. The Morgan fingerprint density at radius 1 is 1.29 bits per heavy atom. The summed E-state index contributed by atoms with van der Waals surface area (Å²) in [4.78, 5) is 12.0. The van der Waals surface area contributed by atoms with Gasteiger partial charge in [-0.1, -0.05) is 43.6 Å². The highest BCUT2D eigenvalue weighted by Gasteiger charge is 2.37. The number of halogens is 1. The molecule has 0 bridgehead atoms. The molecular weight excluding hydrogens is 386 g/mol. The topological polar surface area (TPSA) is 47.6 Å². The first-order chi connectivity index (χ1) is 11.1. The summed E-state index contributed by atoms with van der Waals surface area (Å²) >= 11 is 3.49. The van der Waals surface area contributed by atoms with Crippen molar-refractivity contribution < 1.29 is 14.0 Å². The van der Waals surface area contributed by atoms with Gasteiger partial charge in [-0.25, -0.2) is 0 Å². The van der Waals surface area contributed by atoms with Gasteiger partial charge in [0.05, 0.1) is 6.61 Å². The number of anilines is 1. The summed E-state index contributed by atoms with van der Waals surface area (Å²) in [5, 5.41) is 3.07. The first-order valence-corrected chi connectivity index (χ1v) is 12.1. The number of ether oxygens (including phenoxy) is 1. The highest BCUT2D eigenvalue weighted by atomic mass is 79.9. The van der Waals surface area contributed by atoms with Crippen molar-refractivity contribution in [2.45, 2.75) is 58.9 Å². The highest BCUT2D eigenvalue weighted by molar-refractivity contribution is 9.10. The molecule has 1 rings (SSSR count). The third-order valence-electron chi connectivity index (χ3n) is 4.32. The summed E-state index contributed by atoms with van der Waals surface area (Å²) in [5.41, 5.74) is 1.75. The lowest BCUT2D eigenvalue weighted by Crippen LogP contribution is -2.40. The molecule has 1 aromatic carbocycles. The maximum absolute atomic E-state index is 12.0. The van der Waals surface area contributed by atoms with Crippen molar-refractivity contribution in [2.24, 2.45) is 0 Å². The van der Waals surface area contributed by atoms with E-state index in [9.17, 15) is 4.79 Å². The fraction of sp³-hybridized carbons (Fsp3) is 0.611. The second kappa shape index (κ2) is 9.13. The van der Waals surface area contributed by atoms with Crippen molar-refractivity contribution in [2.75, 3.05) is 18.5 Å². The number of nitrogens with one attached hydrogen (secondary N) is 1. The molecule has 1 aromatic rings. The molecule has 6 heteroatoms. The Balaban J connectivity index is 2.80. The largest absolute Gasteiger partial charge is 0.412 e. The van der Waals surface area contributed by atoms with Gasteiger partial charge < -0.3 is 14.5 Å². The first kappa shape index (κ1) is 21.3. The van der Waals surface area contributed by atoms with Crippen LogP contribution in [0.2, 0.25) is 18.1 Å². The summed E-state index contributed by atoms with van der Waals surface area (Å²) in [6, 6.07) is 5.81. The summed E-state index contributed by atoms with van der Waals surface area (Å²) in [7, 11) is -1.85. The van der Waals surface area contributed by atoms with Crippen LogP contribution >= 0.6 is 15.9 Å². The average Bonchev–Trinajstić information content (AvgIpc) is 2.46. The molecule has 0 saturated heterocycles. The zero-order valence-electron chi connectivity index (χ0n) is 15.7. The minimum Gasteiger partial charge on any atom is -0.412 e. The molecular formula is C18H30BrNO3Si. The van der Waals surface area contributed by atoms with Crippen LogP contribution in [0.4, 0.5) is 5.69 Å². The molecule has 0 unspecified atom stereocenters. The van der Waals surface area contributed by atoms with Crippen LogP contribution < -0.4 is 5.32 Å². The minimum atomic E-state index is -1.85. The number of benzene rings is 1. The van der Waals surface area contributed by atoms with E-state index in [0.29, 0.717) is 13.2 Å². The molecule has 0 heterocycles. The van der Waals surface area contributed by atoms with Crippen LogP contribution in [-0.2, 0) is 20.6 Å². The molecule has 0 aliphatic carbocycles. The second-order valence-electron chi connectivity index (χ2n) is 7.45. The molecule has 0 atom stereocenters. The molecule has 1 N–H and O–H groups in total. The average molecular weight is 416 g/mol. The maximum atomic E-state index is 12.0. The Labute approximate surface area is 155 Å². The third-order valence-corrected chi connectivity index (χ3v) is 9.29. The Hall–Kier alpha value is -0.693. The van der Waals surface area contributed by atoms with Crippen molar-refractivity contribution in [3.63, 3.8) is 0 Å². The van der Waals surface area contributed by atoms with Gasteiger partial charge in [0.2, 0.25) is 5.91 Å². The number of amides is 1. The van der Waals surface area contributed by atoms with E-state index in [1.807, 2.05) is 25.1 Å². The zero-order valence-corrected chi connectivity index (χ0v) is 18.2. The molecule has 0 aliphatic heterocycles. The number of hydrogen-bond donors (Lipinski definition) is 1. The lowest BCUT2D eigenvalue weighted by molar-refractivity contribution is -0.120. The van der Waals surface area contributed by atoms with E-state index in [4.69, 9.17) is 9.16 Å². The molecule has 0 aliphatic rings. The molecule has 0 spiro atoms. The number of hydrogen-bond acceptors (Lipinski definition) is 3. The lowest BCUT2D eigenvalue weighted by Gasteiger charge is -2.36. The Morgan fingerprint density at radius 3 is 2.54 bits per heavy atom. The second-order valence-corrected chi connectivity index (χ2v) is 13.2. The summed E-state index contributed by atoms with van der Waals surface area (Å²) in [6.07, 6.45) is 0.900. The van der Waals surface area contributed by atoms with Crippen molar-refractivity contribution >= 4 is 35.8 Å². The van der Waals surface area contributed by atoms with Gasteiger partial charge in [0.1, 0.15) is 6.61 Å². The molecule has 0 fully saturated rings. The van der Waals surface area contributed by atoms with Crippen LogP contribution in [0, 0.1) is 0 Å². The summed E-state index contributed by atoms with van der Waals surface area (Å²) in [5.74, 6) is -0.139. The third kappa shape index (κ3) is 6.67. The van der Waals surface area contributed by atoms with Crippen molar-refractivity contribution in [1.29, 1.82) is 0 Å². The van der Waals surface area contributed by atoms with Crippen LogP contribution in [0.15, 0.2) is 22.7 Å². The van der Waals surface area contributed by atoms with Crippen LogP contribution in [0.3, 0.4) is 0 Å². The quantitative estimate of drug-likeness (QED) is 0.460. The lowest BCUT2D eigenvalue weighted by atomic mass is 10.2. The molecule has 0 saturated carbocycles. The zero-order chi connectivity index (χ0) is 18.4. The SMILES string of the molecule is CCCOCC(=O)Nc1ccc(Br)cc1CO[Si](C)(C)C(C)(C)C. The maximum Gasteiger partial charge on any atom is 0.250 e. The summed E-state index contributed by atoms with van der Waals surface area (Å²) in [6.45, 7) is 14.3. The highest BCUT2D eigenvalue weighted by Crippen LogP contribution is 2.37. The van der Waals surface area contributed by atoms with E-state index < -0.39 is 8.32 Å². The van der Waals surface area contributed by atoms with Gasteiger partial charge in [0.15, 0.2) is 8.32 Å². The molecule has 1 amide bonds. The Kier molecular flexibility index (Phi) is 8.12. The van der Waals surface area contributed by atoms with Gasteiger partial charge in [-0.3, -0.25) is 4.79 Å². The predicted octanol–water partition coefficient (Wildman–Crippen LogP) is 5.34. The Morgan fingerprint density at radius 2 is 1.96 bits per heavy atom. The fourth-order valence-electron chi connectivity index (χ4n) is 1.77. The van der Waals surface area contributed by atoms with E-state index in [1.165, 1.54) is 0 Å². The molecule has 136 valence electrons. The van der Waals surface area contributed by atoms with Gasteiger partial charge in [0, 0.05) is 22.3 Å².